The van der Waals surface area contributed by atoms with Crippen LogP contribution in [-0.2, 0) is 0 Å². The molecule has 0 spiro atoms. The van der Waals surface area contributed by atoms with E-state index in [0.717, 1.165) is 21.1 Å². The maximum Gasteiger partial charge on any atom is 0.129 e. The Kier molecular flexibility index (Phi) is 5.67. The lowest BCUT2D eigenvalue weighted by Crippen LogP contribution is -1.94. The highest BCUT2D eigenvalue weighted by Gasteiger charge is 2.09. The summed E-state index contributed by atoms with van der Waals surface area (Å²) in [6.45, 7) is 0. The maximum atomic E-state index is 8.62. The van der Waals surface area contributed by atoms with Crippen molar-refractivity contribution in [2.75, 3.05) is 11.5 Å². The van der Waals surface area contributed by atoms with E-state index in [4.69, 9.17) is 10.5 Å². The van der Waals surface area contributed by atoms with Crippen LogP contribution >= 0.6 is 23.5 Å². The third kappa shape index (κ3) is 3.86. The van der Waals surface area contributed by atoms with Gasteiger partial charge in [-0.2, -0.15) is 10.5 Å². The first-order valence-corrected chi connectivity index (χ1v) is 8.08. The maximum absolute atomic E-state index is 8.62. The predicted octanol–water partition coefficient (Wildman–Crippen LogP) is 3.64. The molecule has 100 valence electrons. The zero-order valence-corrected chi connectivity index (χ0v) is 12.4. The number of hydrogen-bond acceptors (Lipinski definition) is 6. The standard InChI is InChI=1S/C14H12N4S2/c15-7-3-9-19-13-14(20-10-4-8-16)18-12-6-2-1-5-11(12)17-13/h1-2,5-6H,3-4,9-10H2. The van der Waals surface area contributed by atoms with Crippen LogP contribution in [0.15, 0.2) is 34.3 Å². The van der Waals surface area contributed by atoms with Gasteiger partial charge in [-0.3, -0.25) is 0 Å². The molecule has 2 rings (SSSR count). The van der Waals surface area contributed by atoms with Crippen molar-refractivity contribution in [1.82, 2.24) is 9.97 Å². The zero-order valence-electron chi connectivity index (χ0n) is 10.7. The summed E-state index contributed by atoms with van der Waals surface area (Å²) in [7, 11) is 0. The molecule has 0 atom stereocenters. The Morgan fingerprint density at radius 1 is 0.850 bits per heavy atom. The van der Waals surface area contributed by atoms with Gasteiger partial charge in [0, 0.05) is 24.3 Å². The fraction of sp³-hybridized carbons (Fsp3) is 0.286. The van der Waals surface area contributed by atoms with Crippen LogP contribution in [0.1, 0.15) is 12.8 Å². The summed E-state index contributed by atoms with van der Waals surface area (Å²) in [6, 6.07) is 12.0. The Morgan fingerprint density at radius 2 is 1.30 bits per heavy atom. The van der Waals surface area contributed by atoms with Crippen LogP contribution < -0.4 is 0 Å². The summed E-state index contributed by atoms with van der Waals surface area (Å²) in [5, 5.41) is 18.9. The third-order valence-electron chi connectivity index (χ3n) is 2.41. The molecule has 0 unspecified atom stereocenters. The largest absolute Gasteiger partial charge is 0.237 e. The second-order valence-corrected chi connectivity index (χ2v) is 6.00. The molecule has 0 bridgehead atoms. The Hall–Kier alpha value is -1.76. The molecule has 0 saturated carbocycles. The molecule has 0 amide bonds. The number of nitriles is 2. The Labute approximate surface area is 126 Å². The van der Waals surface area contributed by atoms with Crippen LogP contribution in [-0.4, -0.2) is 21.5 Å². The first-order valence-electron chi connectivity index (χ1n) is 6.11. The number of rotatable bonds is 6. The van der Waals surface area contributed by atoms with Crippen LogP contribution in [0.3, 0.4) is 0 Å². The van der Waals surface area contributed by atoms with Crippen molar-refractivity contribution in [3.05, 3.63) is 24.3 Å². The van der Waals surface area contributed by atoms with Crippen LogP contribution in [0.2, 0.25) is 0 Å². The molecule has 0 radical (unpaired) electrons. The molecule has 20 heavy (non-hydrogen) atoms. The molecule has 1 aromatic carbocycles. The lowest BCUT2D eigenvalue weighted by Gasteiger charge is -2.07. The fourth-order valence-corrected chi connectivity index (χ4v) is 3.33. The Balaban J connectivity index is 2.27. The molecule has 0 aliphatic heterocycles. The van der Waals surface area contributed by atoms with E-state index >= 15 is 0 Å². The monoisotopic (exact) mass is 300 g/mol. The Bertz CT molecular complexity index is 614. The minimum absolute atomic E-state index is 0.488. The van der Waals surface area contributed by atoms with Crippen LogP contribution in [0, 0.1) is 22.7 Å². The SMILES string of the molecule is N#CCCSc1nc2ccccc2nc1SCCC#N. The van der Waals surface area contributed by atoms with Crippen molar-refractivity contribution in [2.45, 2.75) is 22.9 Å². The van der Waals surface area contributed by atoms with Crippen LogP contribution in [0.5, 0.6) is 0 Å². The normalized spacial score (nSPS) is 10.1. The lowest BCUT2D eigenvalue weighted by atomic mass is 10.3. The van der Waals surface area contributed by atoms with Gasteiger partial charge in [0.25, 0.3) is 0 Å². The quantitative estimate of drug-likeness (QED) is 0.599. The van der Waals surface area contributed by atoms with Gasteiger partial charge < -0.3 is 0 Å². The van der Waals surface area contributed by atoms with Gasteiger partial charge in [0.2, 0.25) is 0 Å². The average molecular weight is 300 g/mol. The van der Waals surface area contributed by atoms with Gasteiger partial charge in [0.1, 0.15) is 10.1 Å². The molecule has 2 aromatic rings. The van der Waals surface area contributed by atoms with E-state index in [1.54, 1.807) is 23.5 Å². The van der Waals surface area contributed by atoms with Crippen LogP contribution in [0.25, 0.3) is 11.0 Å². The molecular weight excluding hydrogens is 288 g/mol. The van der Waals surface area contributed by atoms with E-state index in [1.807, 2.05) is 24.3 Å². The molecule has 0 aliphatic rings. The molecule has 0 saturated heterocycles. The van der Waals surface area contributed by atoms with Gasteiger partial charge in [0.15, 0.2) is 0 Å². The highest BCUT2D eigenvalue weighted by Crippen LogP contribution is 2.30. The second-order valence-electron chi connectivity index (χ2n) is 3.84. The molecule has 0 aliphatic carbocycles. The highest BCUT2D eigenvalue weighted by atomic mass is 32.2. The van der Waals surface area contributed by atoms with Crippen molar-refractivity contribution >= 4 is 34.6 Å². The molecule has 1 heterocycles. The molecule has 0 fully saturated rings. The number of hydrogen-bond donors (Lipinski definition) is 0. The van der Waals surface area contributed by atoms with Crippen molar-refractivity contribution in [1.29, 1.82) is 10.5 Å². The minimum Gasteiger partial charge on any atom is -0.237 e. The van der Waals surface area contributed by atoms with Crippen molar-refractivity contribution < 1.29 is 0 Å². The first kappa shape index (κ1) is 14.6. The minimum atomic E-state index is 0.488. The van der Waals surface area contributed by atoms with Gasteiger partial charge in [0.05, 0.1) is 23.2 Å². The summed E-state index contributed by atoms with van der Waals surface area (Å²) >= 11 is 3.09. The van der Waals surface area contributed by atoms with Gasteiger partial charge in [-0.25, -0.2) is 9.97 Å². The summed E-state index contributed by atoms with van der Waals surface area (Å²) in [6.07, 6.45) is 0.975. The van der Waals surface area contributed by atoms with Gasteiger partial charge in [-0.1, -0.05) is 12.1 Å². The van der Waals surface area contributed by atoms with E-state index in [9.17, 15) is 0 Å². The second kappa shape index (κ2) is 7.74. The van der Waals surface area contributed by atoms with E-state index in [-0.39, 0.29) is 0 Å². The lowest BCUT2D eigenvalue weighted by molar-refractivity contribution is 0.966. The van der Waals surface area contributed by atoms with Crippen molar-refractivity contribution in [3.63, 3.8) is 0 Å². The number of para-hydroxylation sites is 2. The van der Waals surface area contributed by atoms with E-state index in [0.29, 0.717) is 24.3 Å². The smallest absolute Gasteiger partial charge is 0.129 e. The van der Waals surface area contributed by atoms with Gasteiger partial charge in [-0.05, 0) is 12.1 Å². The number of nitrogens with zero attached hydrogens (tertiary/aromatic N) is 4. The van der Waals surface area contributed by atoms with E-state index < -0.39 is 0 Å². The first-order chi connectivity index (χ1) is 9.85. The summed E-state index contributed by atoms with van der Waals surface area (Å²) in [4.78, 5) is 9.23. The summed E-state index contributed by atoms with van der Waals surface area (Å²) in [5.74, 6) is 1.41. The van der Waals surface area contributed by atoms with Crippen molar-refractivity contribution in [3.8, 4) is 12.1 Å². The fourth-order valence-electron chi connectivity index (χ4n) is 1.54. The Morgan fingerprint density at radius 3 is 1.70 bits per heavy atom. The molecule has 0 N–H and O–H groups in total. The molecular formula is C14H12N4S2. The van der Waals surface area contributed by atoms with Gasteiger partial charge in [-0.15, -0.1) is 23.5 Å². The average Bonchev–Trinajstić information content (AvgIpc) is 2.48. The number of aromatic nitrogens is 2. The molecule has 4 nitrogen and oxygen atoms in total. The molecule has 1 aromatic heterocycles. The topological polar surface area (TPSA) is 73.4 Å². The number of thioether (sulfide) groups is 2. The summed E-state index contributed by atoms with van der Waals surface area (Å²) < 4.78 is 0. The van der Waals surface area contributed by atoms with Gasteiger partial charge >= 0.3 is 0 Å². The number of fused-ring (bicyclic) bond motifs is 1. The zero-order chi connectivity index (χ0) is 14.2. The van der Waals surface area contributed by atoms with E-state index in [1.165, 1.54) is 0 Å². The van der Waals surface area contributed by atoms with Crippen LogP contribution in [0.4, 0.5) is 0 Å². The summed E-state index contributed by atoms with van der Waals surface area (Å²) in [5.41, 5.74) is 1.72. The molecule has 6 heteroatoms. The van der Waals surface area contributed by atoms with E-state index in [2.05, 4.69) is 22.1 Å². The number of benzene rings is 1. The highest BCUT2D eigenvalue weighted by molar-refractivity contribution is 8.02. The predicted molar refractivity (Wildman–Crippen MR) is 81.4 cm³/mol. The van der Waals surface area contributed by atoms with Crippen molar-refractivity contribution in [2.24, 2.45) is 0 Å². The third-order valence-corrected chi connectivity index (χ3v) is 4.48.